The topological polar surface area (TPSA) is 84.5 Å². The van der Waals surface area contributed by atoms with Crippen LogP contribution >= 0.6 is 0 Å². The van der Waals surface area contributed by atoms with Gasteiger partial charge in [-0.15, -0.1) is 0 Å². The van der Waals surface area contributed by atoms with Crippen molar-refractivity contribution >= 4 is 15.9 Å². The van der Waals surface area contributed by atoms with E-state index >= 15 is 0 Å². The largest absolute Gasteiger partial charge is 0.450 e. The second-order valence-electron chi connectivity index (χ2n) is 6.58. The third-order valence-corrected chi connectivity index (χ3v) is 6.31. The van der Waals surface area contributed by atoms with E-state index in [1.54, 1.807) is 6.92 Å². The lowest BCUT2D eigenvalue weighted by atomic mass is 9.97. The van der Waals surface area contributed by atoms with E-state index in [1.165, 1.54) is 0 Å². The lowest BCUT2D eigenvalue weighted by molar-refractivity contribution is 0.147. The fraction of sp³-hybridized carbons (Fsp3) is 0.350. The number of amides is 1. The second-order valence-corrected chi connectivity index (χ2v) is 8.73. The number of sulfone groups is 1. The van der Waals surface area contributed by atoms with Gasteiger partial charge in [-0.25, -0.2) is 13.2 Å². The van der Waals surface area contributed by atoms with Gasteiger partial charge in [-0.2, -0.15) is 0 Å². The van der Waals surface area contributed by atoms with Crippen LogP contribution in [0.1, 0.15) is 24.1 Å². The van der Waals surface area contributed by atoms with Gasteiger partial charge in [0.1, 0.15) is 0 Å². The van der Waals surface area contributed by atoms with Crippen molar-refractivity contribution < 1.29 is 17.9 Å². The van der Waals surface area contributed by atoms with Crippen molar-refractivity contribution in [1.29, 1.82) is 0 Å². The third-order valence-electron chi connectivity index (χ3n) is 4.58. The van der Waals surface area contributed by atoms with Crippen molar-refractivity contribution in [2.75, 3.05) is 18.1 Å². The molecule has 144 valence electrons. The van der Waals surface area contributed by atoms with Gasteiger partial charge in [0.25, 0.3) is 0 Å². The highest BCUT2D eigenvalue weighted by atomic mass is 32.2. The van der Waals surface area contributed by atoms with Gasteiger partial charge in [0.2, 0.25) is 0 Å². The molecule has 1 aliphatic heterocycles. The van der Waals surface area contributed by atoms with E-state index in [9.17, 15) is 13.2 Å². The number of hydrogen-bond acceptors (Lipinski definition) is 5. The monoisotopic (exact) mass is 388 g/mol. The molecule has 1 aliphatic rings. The van der Waals surface area contributed by atoms with Gasteiger partial charge >= 0.3 is 6.09 Å². The van der Waals surface area contributed by atoms with E-state index in [0.717, 1.165) is 11.1 Å². The number of benzene rings is 2. The molecule has 7 heteroatoms. The zero-order valence-corrected chi connectivity index (χ0v) is 16.0. The molecule has 27 heavy (non-hydrogen) atoms. The molecule has 2 atom stereocenters. The Hall–Kier alpha value is -2.38. The van der Waals surface area contributed by atoms with Crippen molar-refractivity contribution in [1.82, 2.24) is 10.6 Å². The molecule has 0 spiro atoms. The van der Waals surface area contributed by atoms with Crippen LogP contribution in [-0.2, 0) is 14.6 Å². The first-order valence-electron chi connectivity index (χ1n) is 8.98. The van der Waals surface area contributed by atoms with Crippen molar-refractivity contribution in [3.05, 3.63) is 71.8 Å². The van der Waals surface area contributed by atoms with Gasteiger partial charge in [0, 0.05) is 6.04 Å². The predicted octanol–water partition coefficient (Wildman–Crippen LogP) is 2.28. The molecule has 1 saturated heterocycles. The van der Waals surface area contributed by atoms with E-state index in [-0.39, 0.29) is 24.2 Å². The first-order chi connectivity index (χ1) is 13.0. The van der Waals surface area contributed by atoms with E-state index in [4.69, 9.17) is 4.74 Å². The summed E-state index contributed by atoms with van der Waals surface area (Å²) in [5.41, 5.74) is 2.06. The van der Waals surface area contributed by atoms with Crippen LogP contribution in [0, 0.1) is 0 Å². The van der Waals surface area contributed by atoms with Gasteiger partial charge in [-0.3, -0.25) is 0 Å². The minimum atomic E-state index is -3.25. The van der Waals surface area contributed by atoms with Crippen molar-refractivity contribution in [3.63, 3.8) is 0 Å². The number of nitrogens with one attached hydrogen (secondary N) is 2. The standard InChI is InChI=1S/C20H24N2O4S/c1-2-26-20(23)22-18-14-27(24,25)13-17(18)21-19(15-9-5-3-6-10-15)16-11-7-4-8-12-16/h3-12,17-19,21H,2,13-14H2,1H3,(H,22,23)/t17-,18-/m0/s1. The minimum Gasteiger partial charge on any atom is -0.450 e. The zero-order chi connectivity index (χ0) is 19.3. The molecule has 0 saturated carbocycles. The predicted molar refractivity (Wildman–Crippen MR) is 104 cm³/mol. The average molecular weight is 388 g/mol. The summed E-state index contributed by atoms with van der Waals surface area (Å²) in [4.78, 5) is 11.8. The van der Waals surface area contributed by atoms with Crippen LogP contribution < -0.4 is 10.6 Å². The molecule has 0 aliphatic carbocycles. The number of alkyl carbamates (subject to hydrolysis) is 1. The van der Waals surface area contributed by atoms with Crippen LogP contribution in [0.4, 0.5) is 4.79 Å². The molecule has 0 radical (unpaired) electrons. The van der Waals surface area contributed by atoms with E-state index in [2.05, 4.69) is 10.6 Å². The lowest BCUT2D eigenvalue weighted by Gasteiger charge is -2.27. The Morgan fingerprint density at radius 3 is 2.04 bits per heavy atom. The number of rotatable bonds is 6. The van der Waals surface area contributed by atoms with E-state index in [0.29, 0.717) is 0 Å². The summed E-state index contributed by atoms with van der Waals surface area (Å²) in [6.07, 6.45) is -0.595. The Kier molecular flexibility index (Phi) is 6.13. The summed E-state index contributed by atoms with van der Waals surface area (Å²) >= 11 is 0. The molecule has 1 fully saturated rings. The van der Waals surface area contributed by atoms with Crippen LogP contribution in [0.3, 0.4) is 0 Å². The van der Waals surface area contributed by atoms with Crippen LogP contribution in [-0.4, -0.2) is 44.7 Å². The molecule has 6 nitrogen and oxygen atoms in total. The average Bonchev–Trinajstić information content (AvgIpc) is 2.94. The summed E-state index contributed by atoms with van der Waals surface area (Å²) in [7, 11) is -3.25. The summed E-state index contributed by atoms with van der Waals surface area (Å²) < 4.78 is 29.3. The highest BCUT2D eigenvalue weighted by Gasteiger charge is 2.40. The molecular formula is C20H24N2O4S. The Morgan fingerprint density at radius 2 is 1.52 bits per heavy atom. The lowest BCUT2D eigenvalue weighted by Crippen LogP contribution is -2.50. The number of hydrogen-bond donors (Lipinski definition) is 2. The smallest absolute Gasteiger partial charge is 0.407 e. The number of ether oxygens (including phenoxy) is 1. The quantitative estimate of drug-likeness (QED) is 0.793. The fourth-order valence-corrected chi connectivity index (χ4v) is 5.24. The molecule has 1 amide bonds. The van der Waals surface area contributed by atoms with Crippen molar-refractivity contribution in [2.24, 2.45) is 0 Å². The van der Waals surface area contributed by atoms with Crippen LogP contribution in [0.5, 0.6) is 0 Å². The molecule has 0 aromatic heterocycles. The van der Waals surface area contributed by atoms with Crippen LogP contribution in [0.15, 0.2) is 60.7 Å². The summed E-state index contributed by atoms with van der Waals surface area (Å²) in [6.45, 7) is 1.95. The number of carbonyl (C=O) groups excluding carboxylic acids is 1. The Labute approximate surface area is 159 Å². The van der Waals surface area contributed by atoms with Gasteiger partial charge < -0.3 is 15.4 Å². The van der Waals surface area contributed by atoms with Gasteiger partial charge in [-0.05, 0) is 18.1 Å². The third kappa shape index (κ3) is 5.08. The first-order valence-corrected chi connectivity index (χ1v) is 10.8. The van der Waals surface area contributed by atoms with Crippen molar-refractivity contribution in [3.8, 4) is 0 Å². The molecule has 2 N–H and O–H groups in total. The number of carbonyl (C=O) groups is 1. The van der Waals surface area contributed by atoms with E-state index < -0.39 is 28.0 Å². The normalized spacial score (nSPS) is 21.1. The zero-order valence-electron chi connectivity index (χ0n) is 15.2. The first kappa shape index (κ1) is 19.4. The molecule has 1 heterocycles. The molecule has 2 aromatic carbocycles. The maximum absolute atomic E-state index is 12.2. The molecule has 3 rings (SSSR count). The summed E-state index contributed by atoms with van der Waals surface area (Å²) in [6, 6.07) is 18.6. The summed E-state index contributed by atoms with van der Waals surface area (Å²) in [5.74, 6) is -0.125. The molecule has 2 aromatic rings. The highest BCUT2D eigenvalue weighted by Crippen LogP contribution is 2.25. The van der Waals surface area contributed by atoms with Crippen molar-refractivity contribution in [2.45, 2.75) is 25.0 Å². The SMILES string of the molecule is CCOC(=O)N[C@H]1CS(=O)(=O)C[C@@H]1NC(c1ccccc1)c1ccccc1. The Balaban J connectivity index is 1.86. The maximum Gasteiger partial charge on any atom is 0.407 e. The highest BCUT2D eigenvalue weighted by molar-refractivity contribution is 7.91. The fourth-order valence-electron chi connectivity index (χ4n) is 3.37. The molecular weight excluding hydrogens is 364 g/mol. The summed E-state index contributed by atoms with van der Waals surface area (Å²) in [5, 5.41) is 6.14. The second kappa shape index (κ2) is 8.54. The van der Waals surface area contributed by atoms with Crippen LogP contribution in [0.25, 0.3) is 0 Å². The Morgan fingerprint density at radius 1 is 1.00 bits per heavy atom. The Bertz CT molecular complexity index is 817. The van der Waals surface area contributed by atoms with Gasteiger partial charge in [0.05, 0.1) is 30.2 Å². The minimum absolute atomic E-state index is 0.0275. The van der Waals surface area contributed by atoms with Gasteiger partial charge in [-0.1, -0.05) is 60.7 Å². The van der Waals surface area contributed by atoms with Gasteiger partial charge in [0.15, 0.2) is 9.84 Å². The molecule has 0 unspecified atom stereocenters. The van der Waals surface area contributed by atoms with Crippen LogP contribution in [0.2, 0.25) is 0 Å². The van der Waals surface area contributed by atoms with E-state index in [1.807, 2.05) is 60.7 Å². The maximum atomic E-state index is 12.2. The molecule has 0 bridgehead atoms.